The average molecular weight is 399 g/mol. The zero-order chi connectivity index (χ0) is 21.3. The number of fused-ring (bicyclic) bond motifs is 1. The number of hydrogen-bond donors (Lipinski definition) is 1. The van der Waals surface area contributed by atoms with Crippen LogP contribution in [-0.2, 0) is 13.1 Å². The van der Waals surface area contributed by atoms with Crippen molar-refractivity contribution in [1.82, 2.24) is 14.5 Å². The molecular formula is C24H25N5O. The SMILES string of the molecule is Cc1cc(CN=Nc2ncnc3c2c(C)c(C)n3Cc2ccccc2)cc(C)c1O. The van der Waals surface area contributed by atoms with Gasteiger partial charge in [-0.2, -0.15) is 5.11 Å². The minimum atomic E-state index is 0.332. The van der Waals surface area contributed by atoms with Gasteiger partial charge in [0.1, 0.15) is 17.7 Å². The molecule has 0 saturated heterocycles. The Hall–Kier alpha value is -3.54. The second-order valence-corrected chi connectivity index (χ2v) is 7.66. The Bertz CT molecular complexity index is 1220. The van der Waals surface area contributed by atoms with Crippen molar-refractivity contribution in [2.75, 3.05) is 0 Å². The summed E-state index contributed by atoms with van der Waals surface area (Å²) in [5.41, 5.74) is 7.04. The predicted molar refractivity (Wildman–Crippen MR) is 118 cm³/mol. The van der Waals surface area contributed by atoms with E-state index in [-0.39, 0.29) is 0 Å². The highest BCUT2D eigenvalue weighted by atomic mass is 16.3. The fraction of sp³-hybridized carbons (Fsp3) is 0.250. The molecule has 0 radical (unpaired) electrons. The van der Waals surface area contributed by atoms with Gasteiger partial charge in [0, 0.05) is 12.2 Å². The van der Waals surface area contributed by atoms with Crippen LogP contribution < -0.4 is 0 Å². The molecule has 0 aliphatic rings. The summed E-state index contributed by atoms with van der Waals surface area (Å²) in [7, 11) is 0. The number of hydrogen-bond acceptors (Lipinski definition) is 5. The van der Waals surface area contributed by atoms with Crippen LogP contribution in [0.2, 0.25) is 0 Å². The quantitative estimate of drug-likeness (QED) is 0.437. The highest BCUT2D eigenvalue weighted by molar-refractivity contribution is 5.90. The zero-order valence-electron chi connectivity index (χ0n) is 17.7. The standard InChI is InChI=1S/C24H25N5O/c1-15-10-20(11-16(2)22(15)30)12-27-28-23-21-17(3)18(4)29(24(21)26-14-25-23)13-19-8-6-5-7-9-19/h5-11,14,30H,12-13H2,1-4H3. The lowest BCUT2D eigenvalue weighted by atomic mass is 10.1. The lowest BCUT2D eigenvalue weighted by Gasteiger charge is -2.07. The molecule has 2 aromatic carbocycles. The second kappa shape index (κ2) is 8.06. The monoisotopic (exact) mass is 399 g/mol. The van der Waals surface area contributed by atoms with Crippen molar-refractivity contribution >= 4 is 16.9 Å². The fourth-order valence-electron chi connectivity index (χ4n) is 3.81. The largest absolute Gasteiger partial charge is 0.507 e. The third-order valence-electron chi connectivity index (χ3n) is 5.54. The summed E-state index contributed by atoms with van der Waals surface area (Å²) in [6.07, 6.45) is 1.55. The number of azo groups is 1. The van der Waals surface area contributed by atoms with E-state index in [0.717, 1.165) is 45.5 Å². The Balaban J connectivity index is 1.67. The minimum Gasteiger partial charge on any atom is -0.507 e. The van der Waals surface area contributed by atoms with E-state index >= 15 is 0 Å². The normalized spacial score (nSPS) is 11.6. The van der Waals surface area contributed by atoms with Gasteiger partial charge in [-0.25, -0.2) is 9.97 Å². The Morgan fingerprint density at radius 3 is 2.33 bits per heavy atom. The molecule has 6 heteroatoms. The van der Waals surface area contributed by atoms with Crippen LogP contribution in [0.3, 0.4) is 0 Å². The summed E-state index contributed by atoms with van der Waals surface area (Å²) >= 11 is 0. The first-order valence-corrected chi connectivity index (χ1v) is 9.96. The molecule has 6 nitrogen and oxygen atoms in total. The van der Waals surface area contributed by atoms with Crippen LogP contribution in [0.5, 0.6) is 5.75 Å². The molecule has 2 heterocycles. The molecule has 0 saturated carbocycles. The molecule has 0 spiro atoms. The molecule has 0 amide bonds. The molecule has 0 aliphatic heterocycles. The predicted octanol–water partition coefficient (Wildman–Crippen LogP) is 5.70. The molecule has 0 aliphatic carbocycles. The summed E-state index contributed by atoms with van der Waals surface area (Å²) in [6, 6.07) is 14.2. The van der Waals surface area contributed by atoms with Crippen molar-refractivity contribution in [3.05, 3.63) is 82.3 Å². The van der Waals surface area contributed by atoms with E-state index < -0.39 is 0 Å². The lowest BCUT2D eigenvalue weighted by molar-refractivity contribution is 0.466. The van der Waals surface area contributed by atoms with Gasteiger partial charge in [0.2, 0.25) is 0 Å². The maximum atomic E-state index is 9.94. The van der Waals surface area contributed by atoms with E-state index in [4.69, 9.17) is 0 Å². The molecule has 0 bridgehead atoms. The molecular weight excluding hydrogens is 374 g/mol. The number of aromatic nitrogens is 3. The Morgan fingerprint density at radius 2 is 1.63 bits per heavy atom. The highest BCUT2D eigenvalue weighted by Gasteiger charge is 2.16. The van der Waals surface area contributed by atoms with Gasteiger partial charge < -0.3 is 9.67 Å². The van der Waals surface area contributed by atoms with Crippen molar-refractivity contribution in [1.29, 1.82) is 0 Å². The van der Waals surface area contributed by atoms with Crippen LogP contribution in [-0.4, -0.2) is 19.6 Å². The average Bonchev–Trinajstić information content (AvgIpc) is 2.98. The van der Waals surface area contributed by atoms with E-state index in [2.05, 4.69) is 50.7 Å². The first-order chi connectivity index (χ1) is 14.5. The van der Waals surface area contributed by atoms with Crippen molar-refractivity contribution < 1.29 is 5.11 Å². The number of nitrogens with zero attached hydrogens (tertiary/aromatic N) is 5. The topological polar surface area (TPSA) is 75.7 Å². The summed E-state index contributed by atoms with van der Waals surface area (Å²) in [5.74, 6) is 0.915. The summed E-state index contributed by atoms with van der Waals surface area (Å²) in [4.78, 5) is 8.93. The lowest BCUT2D eigenvalue weighted by Crippen LogP contribution is -2.02. The van der Waals surface area contributed by atoms with Gasteiger partial charge in [0.15, 0.2) is 5.82 Å². The van der Waals surface area contributed by atoms with E-state index in [9.17, 15) is 5.11 Å². The van der Waals surface area contributed by atoms with Gasteiger partial charge in [-0.05, 0) is 55.5 Å². The highest BCUT2D eigenvalue weighted by Crippen LogP contribution is 2.31. The summed E-state index contributed by atoms with van der Waals surface area (Å²) in [6.45, 7) is 9.13. The van der Waals surface area contributed by atoms with Gasteiger partial charge in [-0.15, -0.1) is 5.11 Å². The third kappa shape index (κ3) is 3.68. The number of rotatable bonds is 5. The summed E-state index contributed by atoms with van der Waals surface area (Å²) < 4.78 is 2.20. The van der Waals surface area contributed by atoms with Crippen molar-refractivity contribution in [2.45, 2.75) is 40.8 Å². The van der Waals surface area contributed by atoms with Crippen LogP contribution in [0.15, 0.2) is 59.0 Å². The number of aryl methyl sites for hydroxylation is 3. The maximum absolute atomic E-state index is 9.94. The van der Waals surface area contributed by atoms with Crippen LogP contribution in [0.25, 0.3) is 11.0 Å². The second-order valence-electron chi connectivity index (χ2n) is 7.66. The summed E-state index contributed by atoms with van der Waals surface area (Å²) in [5, 5.41) is 19.7. The number of benzene rings is 2. The van der Waals surface area contributed by atoms with E-state index in [1.807, 2.05) is 44.2 Å². The minimum absolute atomic E-state index is 0.332. The molecule has 0 atom stereocenters. The van der Waals surface area contributed by atoms with Crippen molar-refractivity contribution in [2.24, 2.45) is 10.2 Å². The van der Waals surface area contributed by atoms with E-state index in [0.29, 0.717) is 18.1 Å². The molecule has 0 fully saturated rings. The molecule has 4 aromatic rings. The van der Waals surface area contributed by atoms with E-state index in [1.54, 1.807) is 6.33 Å². The molecule has 30 heavy (non-hydrogen) atoms. The number of phenolic OH excluding ortho intramolecular Hbond substituents is 1. The van der Waals surface area contributed by atoms with Crippen LogP contribution >= 0.6 is 0 Å². The first-order valence-electron chi connectivity index (χ1n) is 9.96. The Labute approximate surface area is 176 Å². The zero-order valence-corrected chi connectivity index (χ0v) is 17.7. The van der Waals surface area contributed by atoms with Crippen molar-refractivity contribution in [3.8, 4) is 5.75 Å². The van der Waals surface area contributed by atoms with Crippen LogP contribution in [0.1, 0.15) is 33.5 Å². The van der Waals surface area contributed by atoms with Gasteiger partial charge in [0.05, 0.1) is 11.9 Å². The third-order valence-corrected chi connectivity index (χ3v) is 5.54. The smallest absolute Gasteiger partial charge is 0.186 e. The molecule has 2 aromatic heterocycles. The van der Waals surface area contributed by atoms with Crippen LogP contribution in [0, 0.1) is 27.7 Å². The molecule has 0 unspecified atom stereocenters. The van der Waals surface area contributed by atoms with Gasteiger partial charge in [-0.3, -0.25) is 0 Å². The Morgan fingerprint density at radius 1 is 0.933 bits per heavy atom. The molecule has 4 rings (SSSR count). The number of aromatic hydroxyl groups is 1. The first kappa shape index (κ1) is 19.8. The van der Waals surface area contributed by atoms with Gasteiger partial charge >= 0.3 is 0 Å². The van der Waals surface area contributed by atoms with E-state index in [1.165, 1.54) is 5.56 Å². The van der Waals surface area contributed by atoms with Crippen LogP contribution in [0.4, 0.5) is 5.82 Å². The molecule has 1 N–H and O–H groups in total. The van der Waals surface area contributed by atoms with Crippen molar-refractivity contribution in [3.63, 3.8) is 0 Å². The number of phenols is 1. The Kier molecular flexibility index (Phi) is 5.31. The van der Waals surface area contributed by atoms with Gasteiger partial charge in [-0.1, -0.05) is 42.5 Å². The van der Waals surface area contributed by atoms with Gasteiger partial charge in [0.25, 0.3) is 0 Å². The maximum Gasteiger partial charge on any atom is 0.186 e. The fourth-order valence-corrected chi connectivity index (χ4v) is 3.81. The molecule has 152 valence electrons.